The van der Waals surface area contributed by atoms with Crippen molar-refractivity contribution in [2.75, 3.05) is 5.33 Å². The normalized spacial score (nSPS) is 10.7. The number of carbonyl (C=O) groups excluding carboxylic acids is 1. The van der Waals surface area contributed by atoms with Crippen LogP contribution >= 0.6 is 15.9 Å². The molecule has 2 heteroatoms. The Bertz CT molecular complexity index is 342. The average Bonchev–Trinajstić information content (AvgIpc) is 2.19. The van der Waals surface area contributed by atoms with Gasteiger partial charge in [-0.15, -0.1) is 0 Å². The van der Waals surface area contributed by atoms with Crippen LogP contribution in [0.25, 0.3) is 6.08 Å². The number of benzene rings is 1. The van der Waals surface area contributed by atoms with Crippen molar-refractivity contribution in [1.29, 1.82) is 0 Å². The van der Waals surface area contributed by atoms with E-state index in [-0.39, 0.29) is 5.78 Å². The first-order chi connectivity index (χ1) is 6.75. The number of allylic oxidation sites excluding steroid dienone is 1. The van der Waals surface area contributed by atoms with Gasteiger partial charge in [-0.25, -0.2) is 0 Å². The summed E-state index contributed by atoms with van der Waals surface area (Å²) in [6.07, 6.45) is 5.04. The lowest BCUT2D eigenvalue weighted by Crippen LogP contribution is -1.94. The Hall–Kier alpha value is -0.890. The van der Waals surface area contributed by atoms with E-state index in [0.717, 1.165) is 22.9 Å². The van der Waals surface area contributed by atoms with Gasteiger partial charge in [0.05, 0.1) is 0 Å². The molecule has 14 heavy (non-hydrogen) atoms. The Morgan fingerprint density at radius 3 is 2.79 bits per heavy atom. The summed E-state index contributed by atoms with van der Waals surface area (Å²) >= 11 is 3.35. The molecule has 0 aromatic heterocycles. The maximum absolute atomic E-state index is 11.3. The van der Waals surface area contributed by atoms with Crippen LogP contribution in [0.5, 0.6) is 0 Å². The molecule has 0 spiro atoms. The van der Waals surface area contributed by atoms with Crippen LogP contribution in [0.3, 0.4) is 0 Å². The monoisotopic (exact) mass is 252 g/mol. The first kappa shape index (κ1) is 11.2. The molecule has 0 saturated heterocycles. The fourth-order valence-corrected chi connectivity index (χ4v) is 1.50. The van der Waals surface area contributed by atoms with E-state index in [0.29, 0.717) is 0 Å². The van der Waals surface area contributed by atoms with Crippen molar-refractivity contribution in [2.24, 2.45) is 0 Å². The highest BCUT2D eigenvalue weighted by Gasteiger charge is 2.02. The number of ketones is 1. The lowest BCUT2D eigenvalue weighted by molar-refractivity contribution is 0.101. The third kappa shape index (κ3) is 3.11. The predicted molar refractivity (Wildman–Crippen MR) is 63.9 cm³/mol. The van der Waals surface area contributed by atoms with Crippen LogP contribution in [0, 0.1) is 0 Å². The van der Waals surface area contributed by atoms with Gasteiger partial charge < -0.3 is 0 Å². The molecule has 0 aliphatic carbocycles. The zero-order valence-electron chi connectivity index (χ0n) is 8.16. The number of hydrogen-bond donors (Lipinski definition) is 0. The quantitative estimate of drug-likeness (QED) is 0.590. The number of rotatable bonds is 4. The van der Waals surface area contributed by atoms with Crippen LogP contribution in [-0.4, -0.2) is 11.1 Å². The van der Waals surface area contributed by atoms with Crippen LogP contribution in [0.2, 0.25) is 0 Å². The molecule has 0 radical (unpaired) electrons. The van der Waals surface area contributed by atoms with Crippen molar-refractivity contribution in [2.45, 2.75) is 13.3 Å². The van der Waals surface area contributed by atoms with Gasteiger partial charge in [0.15, 0.2) is 5.78 Å². The lowest BCUT2D eigenvalue weighted by atomic mass is 10.0. The van der Waals surface area contributed by atoms with Gasteiger partial charge in [-0.2, -0.15) is 0 Å². The van der Waals surface area contributed by atoms with E-state index in [1.165, 1.54) is 0 Å². The number of Topliss-reactive ketones (excluding diaryl/α,β-unsaturated/α-hetero) is 1. The highest BCUT2D eigenvalue weighted by Crippen LogP contribution is 2.11. The molecule has 0 aliphatic heterocycles. The molecule has 1 aromatic rings. The van der Waals surface area contributed by atoms with E-state index in [1.807, 2.05) is 30.3 Å². The summed E-state index contributed by atoms with van der Waals surface area (Å²) in [5.41, 5.74) is 1.79. The maximum Gasteiger partial charge on any atom is 0.160 e. The van der Waals surface area contributed by atoms with Crippen molar-refractivity contribution in [3.8, 4) is 0 Å². The molecule has 1 aromatic carbocycles. The van der Waals surface area contributed by atoms with Gasteiger partial charge in [-0.05, 0) is 18.9 Å². The van der Waals surface area contributed by atoms with Gasteiger partial charge in [0, 0.05) is 10.9 Å². The Kier molecular flexibility index (Phi) is 4.60. The van der Waals surface area contributed by atoms with Gasteiger partial charge in [0.1, 0.15) is 0 Å². The van der Waals surface area contributed by atoms with E-state index in [4.69, 9.17) is 0 Å². The minimum Gasteiger partial charge on any atom is -0.294 e. The smallest absolute Gasteiger partial charge is 0.160 e. The lowest BCUT2D eigenvalue weighted by Gasteiger charge is -2.00. The topological polar surface area (TPSA) is 17.1 Å². The van der Waals surface area contributed by atoms with Gasteiger partial charge in [-0.1, -0.05) is 52.3 Å². The summed E-state index contributed by atoms with van der Waals surface area (Å²) in [6, 6.07) is 7.65. The van der Waals surface area contributed by atoms with Crippen LogP contribution in [0.4, 0.5) is 0 Å². The first-order valence-corrected chi connectivity index (χ1v) is 5.70. The summed E-state index contributed by atoms with van der Waals surface area (Å²) in [6.45, 7) is 1.59. The standard InChI is InChI=1S/C12H13BrO/c1-10(14)12-8-3-2-6-11(12)7-4-5-9-13/h2-4,6-8H,5,9H2,1H3. The third-order valence-electron chi connectivity index (χ3n) is 1.91. The Morgan fingerprint density at radius 1 is 1.43 bits per heavy atom. The molecule has 0 aliphatic rings. The molecule has 0 bridgehead atoms. The number of alkyl halides is 1. The first-order valence-electron chi connectivity index (χ1n) is 4.58. The molecular weight excluding hydrogens is 240 g/mol. The van der Waals surface area contributed by atoms with E-state index in [1.54, 1.807) is 6.92 Å². The van der Waals surface area contributed by atoms with E-state index >= 15 is 0 Å². The molecule has 1 rings (SSSR count). The van der Waals surface area contributed by atoms with Crippen LogP contribution < -0.4 is 0 Å². The molecule has 1 nitrogen and oxygen atoms in total. The summed E-state index contributed by atoms with van der Waals surface area (Å²) in [7, 11) is 0. The fraction of sp³-hybridized carbons (Fsp3) is 0.250. The Balaban J connectivity index is 2.90. The minimum atomic E-state index is 0.115. The highest BCUT2D eigenvalue weighted by molar-refractivity contribution is 9.09. The third-order valence-corrected chi connectivity index (χ3v) is 2.37. The molecule has 0 heterocycles. The number of hydrogen-bond acceptors (Lipinski definition) is 1. The Labute approximate surface area is 93.0 Å². The zero-order chi connectivity index (χ0) is 10.4. The number of carbonyl (C=O) groups is 1. The molecule has 0 saturated carbocycles. The summed E-state index contributed by atoms with van der Waals surface area (Å²) in [4.78, 5) is 11.3. The van der Waals surface area contributed by atoms with E-state index in [2.05, 4.69) is 22.0 Å². The maximum atomic E-state index is 11.3. The molecule has 74 valence electrons. The summed E-state index contributed by atoms with van der Waals surface area (Å²) < 4.78 is 0. The molecular formula is C12H13BrO. The number of halogens is 1. The van der Waals surface area contributed by atoms with Gasteiger partial charge in [0.25, 0.3) is 0 Å². The highest BCUT2D eigenvalue weighted by atomic mass is 79.9. The minimum absolute atomic E-state index is 0.115. The van der Waals surface area contributed by atoms with Crippen molar-refractivity contribution < 1.29 is 4.79 Å². The van der Waals surface area contributed by atoms with Gasteiger partial charge in [0.2, 0.25) is 0 Å². The molecule has 0 amide bonds. The zero-order valence-corrected chi connectivity index (χ0v) is 9.75. The van der Waals surface area contributed by atoms with E-state index in [9.17, 15) is 4.79 Å². The summed E-state index contributed by atoms with van der Waals surface area (Å²) in [5, 5.41) is 0.950. The van der Waals surface area contributed by atoms with Gasteiger partial charge in [-0.3, -0.25) is 4.79 Å². The van der Waals surface area contributed by atoms with Crippen molar-refractivity contribution in [3.05, 3.63) is 41.5 Å². The van der Waals surface area contributed by atoms with Crippen molar-refractivity contribution in [1.82, 2.24) is 0 Å². The molecule has 0 fully saturated rings. The fourth-order valence-electron chi connectivity index (χ4n) is 1.24. The SMILES string of the molecule is CC(=O)c1ccccc1C=CCCBr. The van der Waals surface area contributed by atoms with E-state index < -0.39 is 0 Å². The predicted octanol–water partition coefficient (Wildman–Crippen LogP) is 3.69. The average molecular weight is 253 g/mol. The summed E-state index contributed by atoms with van der Waals surface area (Å²) in [5.74, 6) is 0.115. The second kappa shape index (κ2) is 5.76. The Morgan fingerprint density at radius 2 is 2.14 bits per heavy atom. The van der Waals surface area contributed by atoms with Crippen LogP contribution in [-0.2, 0) is 0 Å². The van der Waals surface area contributed by atoms with Crippen LogP contribution in [0.1, 0.15) is 29.3 Å². The van der Waals surface area contributed by atoms with Gasteiger partial charge >= 0.3 is 0 Å². The largest absolute Gasteiger partial charge is 0.294 e. The van der Waals surface area contributed by atoms with Crippen molar-refractivity contribution >= 4 is 27.8 Å². The molecule has 0 atom stereocenters. The van der Waals surface area contributed by atoms with Crippen molar-refractivity contribution in [3.63, 3.8) is 0 Å². The second-order valence-electron chi connectivity index (χ2n) is 3.02. The van der Waals surface area contributed by atoms with Crippen LogP contribution in [0.15, 0.2) is 30.3 Å². The molecule has 0 unspecified atom stereocenters. The second-order valence-corrected chi connectivity index (χ2v) is 3.82. The molecule has 0 N–H and O–H groups in total.